The van der Waals surface area contributed by atoms with Crippen LogP contribution in [0.2, 0.25) is 0 Å². The van der Waals surface area contributed by atoms with Crippen LogP contribution >= 0.6 is 0 Å². The van der Waals surface area contributed by atoms with Crippen molar-refractivity contribution in [3.63, 3.8) is 0 Å². The Labute approximate surface area is 129 Å². The number of nitrogens with zero attached hydrogens (tertiary/aromatic N) is 2. The van der Waals surface area contributed by atoms with Crippen molar-refractivity contribution < 1.29 is 9.90 Å². The van der Waals surface area contributed by atoms with Gasteiger partial charge in [-0.05, 0) is 29.8 Å². The van der Waals surface area contributed by atoms with Crippen molar-refractivity contribution >= 4 is 11.7 Å². The second-order valence-electron chi connectivity index (χ2n) is 4.93. The fraction of sp³-hybridized carbons (Fsp3) is 0.176. The summed E-state index contributed by atoms with van der Waals surface area (Å²) in [6.07, 6.45) is 3.19. The molecule has 1 heterocycles. The fourth-order valence-corrected chi connectivity index (χ4v) is 1.97. The zero-order valence-electron chi connectivity index (χ0n) is 12.5. The topological polar surface area (TPSA) is 65.5 Å². The Bertz CT molecular complexity index is 636. The van der Waals surface area contributed by atoms with Crippen LogP contribution in [0.1, 0.15) is 15.9 Å². The SMILES string of the molecule is C=CCNC(=O)c1ccc(N(C)Cc2ccc(O)cc2)nc1. The van der Waals surface area contributed by atoms with Crippen molar-refractivity contribution in [2.45, 2.75) is 6.54 Å². The van der Waals surface area contributed by atoms with Gasteiger partial charge in [-0.1, -0.05) is 18.2 Å². The van der Waals surface area contributed by atoms with Crippen LogP contribution in [0.15, 0.2) is 55.3 Å². The Morgan fingerprint density at radius 2 is 2.05 bits per heavy atom. The van der Waals surface area contributed by atoms with Crippen molar-refractivity contribution in [3.05, 3.63) is 66.4 Å². The third kappa shape index (κ3) is 4.09. The number of phenols is 1. The lowest BCUT2D eigenvalue weighted by Gasteiger charge is -2.18. The number of rotatable bonds is 6. The highest BCUT2D eigenvalue weighted by atomic mass is 16.3. The highest BCUT2D eigenvalue weighted by Gasteiger charge is 2.07. The monoisotopic (exact) mass is 297 g/mol. The second-order valence-corrected chi connectivity index (χ2v) is 4.93. The minimum Gasteiger partial charge on any atom is -0.508 e. The molecule has 2 N–H and O–H groups in total. The normalized spacial score (nSPS) is 10.0. The molecule has 0 atom stereocenters. The van der Waals surface area contributed by atoms with Gasteiger partial charge in [0.2, 0.25) is 0 Å². The highest BCUT2D eigenvalue weighted by molar-refractivity contribution is 5.94. The number of aromatic hydroxyl groups is 1. The summed E-state index contributed by atoms with van der Waals surface area (Å²) in [5.74, 6) is 0.855. The maximum Gasteiger partial charge on any atom is 0.253 e. The number of hydrogen-bond acceptors (Lipinski definition) is 4. The zero-order chi connectivity index (χ0) is 15.9. The molecule has 2 aromatic rings. The van der Waals surface area contributed by atoms with E-state index in [-0.39, 0.29) is 11.7 Å². The molecule has 5 heteroatoms. The minimum absolute atomic E-state index is 0.167. The molecule has 0 saturated heterocycles. The van der Waals surface area contributed by atoms with Gasteiger partial charge in [0, 0.05) is 26.3 Å². The number of hydrogen-bond donors (Lipinski definition) is 2. The maximum atomic E-state index is 11.8. The van der Waals surface area contributed by atoms with E-state index in [0.29, 0.717) is 18.7 Å². The molecule has 1 aromatic heterocycles. The molecule has 114 valence electrons. The van der Waals surface area contributed by atoms with Crippen LogP contribution in [-0.4, -0.2) is 29.6 Å². The number of anilines is 1. The van der Waals surface area contributed by atoms with Gasteiger partial charge >= 0.3 is 0 Å². The first-order valence-electron chi connectivity index (χ1n) is 6.94. The lowest BCUT2D eigenvalue weighted by Crippen LogP contribution is -2.23. The third-order valence-corrected chi connectivity index (χ3v) is 3.16. The molecule has 0 saturated carbocycles. The average Bonchev–Trinajstić information content (AvgIpc) is 2.55. The van der Waals surface area contributed by atoms with E-state index in [1.54, 1.807) is 30.5 Å². The Kier molecular flexibility index (Phi) is 5.14. The molecule has 0 aliphatic heterocycles. The van der Waals surface area contributed by atoms with Crippen LogP contribution < -0.4 is 10.2 Å². The smallest absolute Gasteiger partial charge is 0.253 e. The number of aromatic nitrogens is 1. The molecular formula is C17H19N3O2. The first-order valence-corrected chi connectivity index (χ1v) is 6.94. The van der Waals surface area contributed by atoms with Crippen molar-refractivity contribution in [2.24, 2.45) is 0 Å². The van der Waals surface area contributed by atoms with E-state index < -0.39 is 0 Å². The van der Waals surface area contributed by atoms with E-state index in [9.17, 15) is 9.90 Å². The van der Waals surface area contributed by atoms with Crippen LogP contribution in [0.4, 0.5) is 5.82 Å². The molecule has 1 aromatic carbocycles. The number of benzene rings is 1. The Balaban J connectivity index is 2.01. The summed E-state index contributed by atoms with van der Waals surface area (Å²) in [5.41, 5.74) is 1.58. The quantitative estimate of drug-likeness (QED) is 0.803. The van der Waals surface area contributed by atoms with Crippen LogP contribution in [0.3, 0.4) is 0 Å². The second kappa shape index (κ2) is 7.26. The Morgan fingerprint density at radius 3 is 2.64 bits per heavy atom. The predicted molar refractivity (Wildman–Crippen MR) is 87.0 cm³/mol. The standard InChI is InChI=1S/C17H19N3O2/c1-3-10-18-17(22)14-6-9-16(19-11-14)20(2)12-13-4-7-15(21)8-5-13/h3-9,11,21H,1,10,12H2,2H3,(H,18,22). The van der Waals surface area contributed by atoms with Gasteiger partial charge < -0.3 is 15.3 Å². The predicted octanol–water partition coefficient (Wildman–Crippen LogP) is 2.34. The van der Waals surface area contributed by atoms with Crippen molar-refractivity contribution in [2.75, 3.05) is 18.5 Å². The maximum absolute atomic E-state index is 11.8. The number of pyridine rings is 1. The fourth-order valence-electron chi connectivity index (χ4n) is 1.97. The molecule has 0 aliphatic rings. The van der Waals surface area contributed by atoms with Crippen molar-refractivity contribution in [1.82, 2.24) is 10.3 Å². The number of nitrogens with one attached hydrogen (secondary N) is 1. The van der Waals surface area contributed by atoms with Crippen LogP contribution in [0.5, 0.6) is 5.75 Å². The van der Waals surface area contributed by atoms with Gasteiger partial charge in [0.25, 0.3) is 5.91 Å². The van der Waals surface area contributed by atoms with Gasteiger partial charge in [0.15, 0.2) is 0 Å². The van der Waals surface area contributed by atoms with Crippen LogP contribution in [0, 0.1) is 0 Å². The Morgan fingerprint density at radius 1 is 1.32 bits per heavy atom. The number of carbonyl (C=O) groups excluding carboxylic acids is 1. The average molecular weight is 297 g/mol. The van der Waals surface area contributed by atoms with Gasteiger partial charge in [0.05, 0.1) is 5.56 Å². The minimum atomic E-state index is -0.167. The summed E-state index contributed by atoms with van der Waals surface area (Å²) in [6, 6.07) is 10.6. The lowest BCUT2D eigenvalue weighted by molar-refractivity contribution is 0.0957. The van der Waals surface area contributed by atoms with E-state index in [2.05, 4.69) is 16.9 Å². The van der Waals surface area contributed by atoms with Gasteiger partial charge in [-0.3, -0.25) is 4.79 Å². The molecule has 0 spiro atoms. The van der Waals surface area contributed by atoms with Gasteiger partial charge in [-0.25, -0.2) is 4.98 Å². The molecule has 22 heavy (non-hydrogen) atoms. The summed E-state index contributed by atoms with van der Waals surface area (Å²) >= 11 is 0. The van der Waals surface area contributed by atoms with Crippen molar-refractivity contribution in [1.29, 1.82) is 0 Å². The molecular weight excluding hydrogens is 278 g/mol. The lowest BCUT2D eigenvalue weighted by atomic mass is 10.2. The third-order valence-electron chi connectivity index (χ3n) is 3.16. The Hall–Kier alpha value is -2.82. The van der Waals surface area contributed by atoms with Gasteiger partial charge in [-0.15, -0.1) is 6.58 Å². The van der Waals surface area contributed by atoms with E-state index in [4.69, 9.17) is 0 Å². The number of amides is 1. The molecule has 5 nitrogen and oxygen atoms in total. The van der Waals surface area contributed by atoms with Crippen LogP contribution in [0.25, 0.3) is 0 Å². The van der Waals surface area contributed by atoms with E-state index >= 15 is 0 Å². The molecule has 0 aliphatic carbocycles. The molecule has 0 radical (unpaired) electrons. The summed E-state index contributed by atoms with van der Waals surface area (Å²) < 4.78 is 0. The van der Waals surface area contributed by atoms with Gasteiger partial charge in [-0.2, -0.15) is 0 Å². The largest absolute Gasteiger partial charge is 0.508 e. The first kappa shape index (κ1) is 15.6. The molecule has 1 amide bonds. The molecule has 0 bridgehead atoms. The van der Waals surface area contributed by atoms with Crippen molar-refractivity contribution in [3.8, 4) is 5.75 Å². The summed E-state index contributed by atoms with van der Waals surface area (Å²) in [5, 5.41) is 12.0. The van der Waals surface area contributed by atoms with Crippen LogP contribution in [-0.2, 0) is 6.54 Å². The van der Waals surface area contributed by atoms with E-state index in [1.807, 2.05) is 30.1 Å². The van der Waals surface area contributed by atoms with E-state index in [0.717, 1.165) is 11.4 Å². The highest BCUT2D eigenvalue weighted by Crippen LogP contribution is 2.15. The zero-order valence-corrected chi connectivity index (χ0v) is 12.5. The molecule has 2 rings (SSSR count). The summed E-state index contributed by atoms with van der Waals surface area (Å²) in [4.78, 5) is 18.1. The molecule has 0 fully saturated rings. The number of phenolic OH excluding ortho intramolecular Hbond substituents is 1. The molecule has 0 unspecified atom stereocenters. The number of carbonyl (C=O) groups is 1. The summed E-state index contributed by atoms with van der Waals surface area (Å²) in [7, 11) is 1.92. The first-order chi connectivity index (χ1) is 10.6. The van der Waals surface area contributed by atoms with Gasteiger partial charge in [0.1, 0.15) is 11.6 Å². The van der Waals surface area contributed by atoms with E-state index in [1.165, 1.54) is 0 Å². The summed E-state index contributed by atoms with van der Waals surface area (Å²) in [6.45, 7) is 4.65.